The van der Waals surface area contributed by atoms with Gasteiger partial charge in [0.2, 0.25) is 0 Å². The minimum absolute atomic E-state index is 0.340. The molecule has 1 aromatic carbocycles. The molecule has 0 saturated carbocycles. The standard InChI is InChI=1S/C20H30O/c1-8-9-10-16(5)18(7)19-12-15(4)11-17(6)20(19)21-13-14(2)3/h11-12,14,16,18H,8,13H2,1-7H3. The molecule has 0 N–H and O–H groups in total. The van der Waals surface area contributed by atoms with Crippen LogP contribution in [0.25, 0.3) is 0 Å². The van der Waals surface area contributed by atoms with Gasteiger partial charge in [0.05, 0.1) is 6.61 Å². The van der Waals surface area contributed by atoms with Gasteiger partial charge >= 0.3 is 0 Å². The van der Waals surface area contributed by atoms with Crippen LogP contribution in [0, 0.1) is 37.5 Å². The van der Waals surface area contributed by atoms with Crippen molar-refractivity contribution >= 4 is 0 Å². The van der Waals surface area contributed by atoms with Crippen molar-refractivity contribution in [2.45, 2.75) is 60.8 Å². The van der Waals surface area contributed by atoms with Crippen LogP contribution in [0.2, 0.25) is 0 Å². The van der Waals surface area contributed by atoms with Gasteiger partial charge in [-0.3, -0.25) is 0 Å². The van der Waals surface area contributed by atoms with E-state index in [1.807, 2.05) is 0 Å². The summed E-state index contributed by atoms with van der Waals surface area (Å²) < 4.78 is 6.11. The van der Waals surface area contributed by atoms with Crippen molar-refractivity contribution in [2.24, 2.45) is 11.8 Å². The zero-order valence-corrected chi connectivity index (χ0v) is 14.7. The highest BCUT2D eigenvalue weighted by Crippen LogP contribution is 2.35. The Labute approximate surface area is 131 Å². The molecular formula is C20H30O. The van der Waals surface area contributed by atoms with Crippen molar-refractivity contribution in [2.75, 3.05) is 6.61 Å². The number of aryl methyl sites for hydroxylation is 2. The van der Waals surface area contributed by atoms with Gasteiger partial charge in [-0.15, -0.1) is 5.92 Å². The van der Waals surface area contributed by atoms with E-state index in [0.29, 0.717) is 17.8 Å². The van der Waals surface area contributed by atoms with Crippen LogP contribution in [-0.4, -0.2) is 6.61 Å². The fourth-order valence-electron chi connectivity index (χ4n) is 2.43. The van der Waals surface area contributed by atoms with Gasteiger partial charge in [0, 0.05) is 12.3 Å². The molecule has 1 rings (SSSR count). The Kier molecular flexibility index (Phi) is 6.82. The molecule has 0 aliphatic heterocycles. The van der Waals surface area contributed by atoms with E-state index in [-0.39, 0.29) is 0 Å². The van der Waals surface area contributed by atoms with Crippen molar-refractivity contribution < 1.29 is 4.74 Å². The second kappa shape index (κ2) is 8.13. The van der Waals surface area contributed by atoms with Crippen molar-refractivity contribution in [1.82, 2.24) is 0 Å². The Hall–Kier alpha value is -1.42. The third kappa shape index (κ3) is 5.12. The molecule has 1 aromatic rings. The summed E-state index contributed by atoms with van der Waals surface area (Å²) in [7, 11) is 0. The molecule has 1 nitrogen and oxygen atoms in total. The van der Waals surface area contributed by atoms with Gasteiger partial charge in [0.1, 0.15) is 5.75 Å². The summed E-state index contributed by atoms with van der Waals surface area (Å²) in [5.41, 5.74) is 3.82. The Balaban J connectivity index is 3.13. The number of rotatable bonds is 5. The predicted octanol–water partition coefficient (Wildman–Crippen LogP) is 5.49. The van der Waals surface area contributed by atoms with Crippen molar-refractivity contribution in [3.8, 4) is 17.6 Å². The molecule has 0 heterocycles. The molecule has 2 unspecified atom stereocenters. The third-order valence-electron chi connectivity index (χ3n) is 3.76. The molecule has 0 aromatic heterocycles. The van der Waals surface area contributed by atoms with Crippen LogP contribution in [0.4, 0.5) is 0 Å². The van der Waals surface area contributed by atoms with Gasteiger partial charge in [0.25, 0.3) is 0 Å². The Morgan fingerprint density at radius 1 is 1.10 bits per heavy atom. The smallest absolute Gasteiger partial charge is 0.125 e. The molecule has 0 bridgehead atoms. The quantitative estimate of drug-likeness (QED) is 0.650. The average molecular weight is 286 g/mol. The van der Waals surface area contributed by atoms with Crippen molar-refractivity contribution in [1.29, 1.82) is 0 Å². The summed E-state index contributed by atoms with van der Waals surface area (Å²) in [4.78, 5) is 0. The fourth-order valence-corrected chi connectivity index (χ4v) is 2.43. The number of hydrogen-bond donors (Lipinski definition) is 0. The first-order chi connectivity index (χ1) is 9.86. The normalized spacial score (nSPS) is 13.5. The van der Waals surface area contributed by atoms with Gasteiger partial charge < -0.3 is 4.74 Å². The van der Waals surface area contributed by atoms with E-state index >= 15 is 0 Å². The molecule has 0 fully saturated rings. The maximum atomic E-state index is 6.11. The lowest BCUT2D eigenvalue weighted by Gasteiger charge is -2.22. The second-order valence-electron chi connectivity index (χ2n) is 6.46. The van der Waals surface area contributed by atoms with Crippen LogP contribution < -0.4 is 4.74 Å². The lowest BCUT2D eigenvalue weighted by atomic mass is 9.86. The fraction of sp³-hybridized carbons (Fsp3) is 0.600. The molecule has 1 heteroatoms. The lowest BCUT2D eigenvalue weighted by Crippen LogP contribution is -2.11. The minimum Gasteiger partial charge on any atom is -0.493 e. The molecule has 0 aliphatic carbocycles. The molecule has 0 saturated heterocycles. The topological polar surface area (TPSA) is 9.23 Å². The van der Waals surface area contributed by atoms with E-state index in [2.05, 4.69) is 72.4 Å². The Morgan fingerprint density at radius 3 is 2.33 bits per heavy atom. The van der Waals surface area contributed by atoms with Crippen molar-refractivity contribution in [3.05, 3.63) is 28.8 Å². The zero-order valence-electron chi connectivity index (χ0n) is 14.7. The first-order valence-electron chi connectivity index (χ1n) is 8.09. The molecule has 0 aliphatic rings. The summed E-state index contributed by atoms with van der Waals surface area (Å²) in [5, 5.41) is 0. The number of ether oxygens (including phenoxy) is 1. The monoisotopic (exact) mass is 286 g/mol. The summed E-state index contributed by atoms with van der Waals surface area (Å²) in [5.74, 6) is 8.88. The van der Waals surface area contributed by atoms with Crippen LogP contribution in [0.15, 0.2) is 12.1 Å². The van der Waals surface area contributed by atoms with E-state index in [4.69, 9.17) is 4.74 Å². The molecular weight excluding hydrogens is 256 g/mol. The summed E-state index contributed by atoms with van der Waals surface area (Å²) in [6, 6.07) is 4.46. The third-order valence-corrected chi connectivity index (χ3v) is 3.76. The highest BCUT2D eigenvalue weighted by molar-refractivity contribution is 5.46. The molecule has 2 atom stereocenters. The highest BCUT2D eigenvalue weighted by atomic mass is 16.5. The van der Waals surface area contributed by atoms with E-state index in [9.17, 15) is 0 Å². The van der Waals surface area contributed by atoms with Gasteiger partial charge in [0.15, 0.2) is 0 Å². The second-order valence-corrected chi connectivity index (χ2v) is 6.46. The van der Waals surface area contributed by atoms with Gasteiger partial charge in [-0.25, -0.2) is 0 Å². The molecule has 116 valence electrons. The van der Waals surface area contributed by atoms with E-state index in [0.717, 1.165) is 18.8 Å². The minimum atomic E-state index is 0.340. The molecule has 0 radical (unpaired) electrons. The SMILES string of the molecule is CCC#CC(C)C(C)c1cc(C)cc(C)c1OCC(C)C. The van der Waals surface area contributed by atoms with Gasteiger partial charge in [-0.1, -0.05) is 58.2 Å². The summed E-state index contributed by atoms with van der Waals surface area (Å²) in [6.45, 7) is 16.0. The van der Waals surface area contributed by atoms with E-state index in [1.54, 1.807) is 0 Å². The molecule has 0 amide bonds. The van der Waals surface area contributed by atoms with Crippen LogP contribution in [0.5, 0.6) is 5.75 Å². The molecule has 21 heavy (non-hydrogen) atoms. The van der Waals surface area contributed by atoms with Gasteiger partial charge in [-0.05, 0) is 36.8 Å². The van der Waals surface area contributed by atoms with Crippen molar-refractivity contribution in [3.63, 3.8) is 0 Å². The van der Waals surface area contributed by atoms with Crippen LogP contribution in [-0.2, 0) is 0 Å². The van der Waals surface area contributed by atoms with Gasteiger partial charge in [-0.2, -0.15) is 0 Å². The van der Waals surface area contributed by atoms with Crippen LogP contribution in [0.1, 0.15) is 63.6 Å². The summed E-state index contributed by atoms with van der Waals surface area (Å²) in [6.07, 6.45) is 0.917. The van der Waals surface area contributed by atoms with Crippen LogP contribution >= 0.6 is 0 Å². The first-order valence-corrected chi connectivity index (χ1v) is 8.09. The first kappa shape index (κ1) is 17.6. The number of hydrogen-bond acceptors (Lipinski definition) is 1. The maximum Gasteiger partial charge on any atom is 0.125 e. The average Bonchev–Trinajstić information content (AvgIpc) is 2.41. The number of benzene rings is 1. The summed E-state index contributed by atoms with van der Waals surface area (Å²) >= 11 is 0. The lowest BCUT2D eigenvalue weighted by molar-refractivity contribution is 0.265. The highest BCUT2D eigenvalue weighted by Gasteiger charge is 2.19. The van der Waals surface area contributed by atoms with E-state index < -0.39 is 0 Å². The zero-order chi connectivity index (χ0) is 16.0. The molecule has 0 spiro atoms. The maximum absolute atomic E-state index is 6.11. The van der Waals surface area contributed by atoms with Crippen LogP contribution in [0.3, 0.4) is 0 Å². The predicted molar refractivity (Wildman–Crippen MR) is 91.9 cm³/mol. The Bertz CT molecular complexity index is 517. The Morgan fingerprint density at radius 2 is 1.76 bits per heavy atom. The largest absolute Gasteiger partial charge is 0.493 e. The van der Waals surface area contributed by atoms with E-state index in [1.165, 1.54) is 16.7 Å².